The zero-order valence-corrected chi connectivity index (χ0v) is 31.8. The number of carbonyl (C=O) groups excluding carboxylic acids is 4. The molecule has 2 atom stereocenters. The molecule has 1 aromatic carbocycles. The first kappa shape index (κ1) is 38.2. The maximum Gasteiger partial charge on any atom is 0.276 e. The van der Waals surface area contributed by atoms with E-state index >= 15 is 0 Å². The number of nitrogens with zero attached hydrogens (tertiary/aromatic N) is 6. The zero-order valence-electron chi connectivity index (χ0n) is 30.2. The number of amides is 4. The molecule has 14 nitrogen and oxygen atoms in total. The van der Waals surface area contributed by atoms with Crippen LogP contribution in [0.2, 0.25) is 0 Å². The van der Waals surface area contributed by atoms with Gasteiger partial charge < -0.3 is 26.6 Å². The largest absolute Gasteiger partial charge is 0.351 e. The number of nitrogens with two attached hydrogens (primary N) is 1. The average molecular weight is 761 g/mol. The van der Waals surface area contributed by atoms with Gasteiger partial charge in [0.15, 0.2) is 5.69 Å². The lowest BCUT2D eigenvalue weighted by Crippen LogP contribution is -2.36. The minimum absolute atomic E-state index is 0.155. The van der Waals surface area contributed by atoms with Crippen molar-refractivity contribution < 1.29 is 19.2 Å². The summed E-state index contributed by atoms with van der Waals surface area (Å²) in [5.41, 5.74) is 7.85. The van der Waals surface area contributed by atoms with Gasteiger partial charge in [-0.3, -0.25) is 19.2 Å². The lowest BCUT2D eigenvalue weighted by atomic mass is 9.92. The molecule has 4 amide bonds. The molecular formula is C37H48N10O4S2. The molecule has 2 aliphatic rings. The standard InChI is InChI=1S/C37H48N10O4S2/c1-23(2)18-27-35-43-31(22-53-35)34(50)41-28(19-24-8-4-3-5-9-24)36-42-30(21-52-36)33(49)39-15-7-17-46(16-6-10-32(48)40-27)37(51)29-20-47(45-44-29)26-13-11-25(38)12-14-26/h3-5,8-9,20-23,25-28H,6-7,10-19,38H2,1-2H3,(H,39,49)(H,40,48)(H,41,50)/t25?,26?,27?,28-/m0/s1. The first-order valence-electron chi connectivity index (χ1n) is 18.4. The second-order valence-electron chi connectivity index (χ2n) is 14.3. The Balaban J connectivity index is 1.22. The second-order valence-corrected chi connectivity index (χ2v) is 16.0. The van der Waals surface area contributed by atoms with Crippen LogP contribution >= 0.6 is 22.7 Å². The van der Waals surface area contributed by atoms with Gasteiger partial charge in [-0.25, -0.2) is 14.6 Å². The molecule has 5 N–H and O–H groups in total. The van der Waals surface area contributed by atoms with E-state index in [1.54, 1.807) is 26.5 Å². The first-order chi connectivity index (χ1) is 25.6. The van der Waals surface area contributed by atoms with E-state index < -0.39 is 6.04 Å². The monoisotopic (exact) mass is 760 g/mol. The SMILES string of the molecule is CC(C)CC1NC(=O)CCCN(C(=O)c2cn(C3CCC(N)CC3)nn2)CCCNC(=O)c2csc(n2)[C@H](Cc2ccccc2)NC(=O)c2csc1n2. The van der Waals surface area contributed by atoms with E-state index in [4.69, 9.17) is 5.73 Å². The third-order valence-electron chi connectivity index (χ3n) is 9.59. The van der Waals surface area contributed by atoms with E-state index in [0.29, 0.717) is 55.3 Å². The Labute approximate surface area is 317 Å². The number of benzene rings is 1. The number of aromatic nitrogens is 5. The van der Waals surface area contributed by atoms with Crippen molar-refractivity contribution in [2.24, 2.45) is 11.7 Å². The highest BCUT2D eigenvalue weighted by molar-refractivity contribution is 7.10. The highest BCUT2D eigenvalue weighted by Crippen LogP contribution is 2.28. The van der Waals surface area contributed by atoms with Crippen LogP contribution in [0.25, 0.3) is 0 Å². The van der Waals surface area contributed by atoms with Crippen LogP contribution in [0.3, 0.4) is 0 Å². The number of fused-ring (bicyclic) bond motifs is 4. The maximum atomic E-state index is 13.8. The molecule has 4 bridgehead atoms. The average Bonchev–Trinajstić information content (AvgIpc) is 3.94. The van der Waals surface area contributed by atoms with Crippen molar-refractivity contribution in [3.05, 3.63) is 79.9 Å². The summed E-state index contributed by atoms with van der Waals surface area (Å²) in [6.07, 6.45) is 7.49. The Bertz CT molecular complexity index is 1850. The predicted molar refractivity (Wildman–Crippen MR) is 203 cm³/mol. The fraction of sp³-hybridized carbons (Fsp3) is 0.514. The quantitative estimate of drug-likeness (QED) is 0.218. The predicted octanol–water partition coefficient (Wildman–Crippen LogP) is 4.61. The highest BCUT2D eigenvalue weighted by atomic mass is 32.1. The van der Waals surface area contributed by atoms with E-state index in [0.717, 1.165) is 31.2 Å². The summed E-state index contributed by atoms with van der Waals surface area (Å²) in [6.45, 7) is 5.12. The van der Waals surface area contributed by atoms with Gasteiger partial charge in [-0.1, -0.05) is 49.4 Å². The smallest absolute Gasteiger partial charge is 0.276 e. The van der Waals surface area contributed by atoms with Crippen LogP contribution in [-0.4, -0.2) is 79.2 Å². The third kappa shape index (κ3) is 10.3. The van der Waals surface area contributed by atoms with Crippen molar-refractivity contribution in [3.63, 3.8) is 0 Å². The number of carbonyl (C=O) groups is 4. The topological polar surface area (TPSA) is 190 Å². The fourth-order valence-corrected chi connectivity index (χ4v) is 8.45. The summed E-state index contributed by atoms with van der Waals surface area (Å²) < 4.78 is 1.77. The molecule has 0 spiro atoms. The van der Waals surface area contributed by atoms with Crippen LogP contribution in [0.4, 0.5) is 0 Å². The maximum absolute atomic E-state index is 13.8. The van der Waals surface area contributed by atoms with E-state index in [2.05, 4.69) is 50.1 Å². The molecule has 4 heterocycles. The number of hydrogen-bond acceptors (Lipinski definition) is 11. The molecule has 53 heavy (non-hydrogen) atoms. The Kier molecular flexibility index (Phi) is 13.0. The van der Waals surface area contributed by atoms with Crippen LogP contribution in [-0.2, 0) is 11.2 Å². The molecular weight excluding hydrogens is 713 g/mol. The minimum atomic E-state index is -0.505. The van der Waals surface area contributed by atoms with Crippen molar-refractivity contribution in [1.29, 1.82) is 0 Å². The van der Waals surface area contributed by atoms with Gasteiger partial charge in [0, 0.05) is 42.9 Å². The van der Waals surface area contributed by atoms with Crippen molar-refractivity contribution in [2.45, 2.75) is 95.8 Å². The van der Waals surface area contributed by atoms with Crippen molar-refractivity contribution in [2.75, 3.05) is 19.6 Å². The van der Waals surface area contributed by atoms with E-state index in [9.17, 15) is 19.2 Å². The fourth-order valence-electron chi connectivity index (χ4n) is 6.73. The van der Waals surface area contributed by atoms with Crippen molar-refractivity contribution >= 4 is 46.3 Å². The van der Waals surface area contributed by atoms with Crippen molar-refractivity contribution in [1.82, 2.24) is 45.8 Å². The number of nitrogens with one attached hydrogen (secondary N) is 3. The Morgan fingerprint density at radius 1 is 0.906 bits per heavy atom. The van der Waals surface area contributed by atoms with Crippen LogP contribution in [0, 0.1) is 5.92 Å². The minimum Gasteiger partial charge on any atom is -0.351 e. The van der Waals surface area contributed by atoms with Crippen LogP contribution in [0.5, 0.6) is 0 Å². The summed E-state index contributed by atoms with van der Waals surface area (Å²) >= 11 is 2.64. The molecule has 1 aliphatic carbocycles. The molecule has 282 valence electrons. The van der Waals surface area contributed by atoms with Gasteiger partial charge in [0.25, 0.3) is 17.7 Å². The molecule has 3 aromatic heterocycles. The van der Waals surface area contributed by atoms with Crippen LogP contribution in [0.15, 0.2) is 47.3 Å². The van der Waals surface area contributed by atoms with Gasteiger partial charge in [-0.15, -0.1) is 27.8 Å². The summed E-state index contributed by atoms with van der Waals surface area (Å²) in [6, 6.07) is 9.25. The van der Waals surface area contributed by atoms with E-state index in [-0.39, 0.29) is 71.2 Å². The van der Waals surface area contributed by atoms with Gasteiger partial charge >= 0.3 is 0 Å². The number of thiazole rings is 2. The Morgan fingerprint density at radius 2 is 1.58 bits per heavy atom. The summed E-state index contributed by atoms with van der Waals surface area (Å²) in [5, 5.41) is 22.3. The molecule has 4 aromatic rings. The van der Waals surface area contributed by atoms with Crippen LogP contribution < -0.4 is 21.7 Å². The highest BCUT2D eigenvalue weighted by Gasteiger charge is 2.27. The van der Waals surface area contributed by atoms with Gasteiger partial charge in [0.2, 0.25) is 5.91 Å². The molecule has 1 saturated carbocycles. The lowest BCUT2D eigenvalue weighted by Gasteiger charge is -2.25. The normalized spacial score (nSPS) is 22.4. The van der Waals surface area contributed by atoms with Crippen LogP contribution in [0.1, 0.15) is 130 Å². The molecule has 0 saturated heterocycles. The third-order valence-corrected chi connectivity index (χ3v) is 11.5. The van der Waals surface area contributed by atoms with Gasteiger partial charge in [-0.2, -0.15) is 0 Å². The molecule has 0 radical (unpaired) electrons. The van der Waals surface area contributed by atoms with E-state index in [1.807, 2.05) is 30.3 Å². The van der Waals surface area contributed by atoms with Crippen molar-refractivity contribution in [3.8, 4) is 0 Å². The second kappa shape index (κ2) is 18.0. The Morgan fingerprint density at radius 3 is 2.30 bits per heavy atom. The molecule has 16 heteroatoms. The number of hydrogen-bond donors (Lipinski definition) is 4. The summed E-state index contributed by atoms with van der Waals surface area (Å²) in [5.74, 6) is -0.872. The van der Waals surface area contributed by atoms with Gasteiger partial charge in [0.1, 0.15) is 21.4 Å². The molecule has 1 aliphatic heterocycles. The Hall–Kier alpha value is -4.54. The first-order valence-corrected chi connectivity index (χ1v) is 20.2. The van der Waals surface area contributed by atoms with Gasteiger partial charge in [-0.05, 0) is 62.8 Å². The number of rotatable bonds is 6. The molecule has 6 rings (SSSR count). The zero-order chi connectivity index (χ0) is 37.3. The summed E-state index contributed by atoms with van der Waals surface area (Å²) in [4.78, 5) is 64.9. The molecule has 1 fully saturated rings. The molecule has 1 unspecified atom stereocenters. The lowest BCUT2D eigenvalue weighted by molar-refractivity contribution is -0.122. The summed E-state index contributed by atoms with van der Waals surface area (Å²) in [7, 11) is 0. The van der Waals surface area contributed by atoms with E-state index in [1.165, 1.54) is 22.7 Å². The van der Waals surface area contributed by atoms with Gasteiger partial charge in [0.05, 0.1) is 24.3 Å².